The standard InChI is InChI=1S/C28H41NO2/c1-19-7-10-25(30)20(16-19)17-29-18-28(31)15-12-24-22-9-8-21-6-4-5-13-26(21,2)23(22)11-14-27(24,28)3/h7,10,16-17,21-24,30-31H,4-6,8-9,11-15,18H2,1-3H3/t21-,22+,23+,24+,26-,27-,28+/m0/s1. The third-order valence-electron chi connectivity index (χ3n) is 10.7. The van der Waals surface area contributed by atoms with Crippen LogP contribution in [0.1, 0.15) is 89.2 Å². The van der Waals surface area contributed by atoms with E-state index < -0.39 is 5.60 Å². The van der Waals surface area contributed by atoms with Crippen LogP contribution in [0, 0.1) is 41.4 Å². The Labute approximate surface area is 188 Å². The van der Waals surface area contributed by atoms with Crippen molar-refractivity contribution in [2.45, 2.75) is 90.6 Å². The highest BCUT2D eigenvalue weighted by Crippen LogP contribution is 2.68. The van der Waals surface area contributed by atoms with Crippen molar-refractivity contribution >= 4 is 6.21 Å². The predicted molar refractivity (Wildman–Crippen MR) is 127 cm³/mol. The molecular weight excluding hydrogens is 382 g/mol. The zero-order valence-electron chi connectivity index (χ0n) is 19.7. The maximum atomic E-state index is 11.9. The van der Waals surface area contributed by atoms with E-state index in [4.69, 9.17) is 0 Å². The normalized spacial score (nSPS) is 44.6. The van der Waals surface area contributed by atoms with Crippen molar-refractivity contribution < 1.29 is 10.2 Å². The molecule has 4 aliphatic carbocycles. The summed E-state index contributed by atoms with van der Waals surface area (Å²) in [6, 6.07) is 5.58. The van der Waals surface area contributed by atoms with Gasteiger partial charge in [-0.25, -0.2) is 0 Å². The van der Waals surface area contributed by atoms with Gasteiger partial charge in [0.25, 0.3) is 0 Å². The highest BCUT2D eigenvalue weighted by Gasteiger charge is 2.64. The van der Waals surface area contributed by atoms with Crippen LogP contribution in [0.2, 0.25) is 0 Å². The van der Waals surface area contributed by atoms with Crippen LogP contribution in [0.3, 0.4) is 0 Å². The summed E-state index contributed by atoms with van der Waals surface area (Å²) in [6.07, 6.45) is 14.7. The Bertz CT molecular complexity index is 865. The number of phenols is 1. The number of aryl methyl sites for hydroxylation is 1. The largest absolute Gasteiger partial charge is 0.507 e. The van der Waals surface area contributed by atoms with Crippen molar-refractivity contribution in [3.8, 4) is 5.75 Å². The number of rotatable bonds is 3. The molecule has 0 saturated heterocycles. The molecule has 31 heavy (non-hydrogen) atoms. The third-order valence-corrected chi connectivity index (χ3v) is 10.7. The SMILES string of the molecule is Cc1ccc(O)c(C=NC[C@]2(O)CC[C@@H]3[C@@H]4CC[C@@H]5CCCC[C@]5(C)[C@@H]4CC[C@@]32C)c1. The molecule has 3 nitrogen and oxygen atoms in total. The number of hydrogen-bond donors (Lipinski definition) is 2. The minimum atomic E-state index is -0.719. The number of phenolic OH excluding ortho intramolecular Hbond substituents is 1. The molecule has 0 bridgehead atoms. The first kappa shape index (κ1) is 21.5. The van der Waals surface area contributed by atoms with Gasteiger partial charge >= 0.3 is 0 Å². The smallest absolute Gasteiger partial charge is 0.124 e. The van der Waals surface area contributed by atoms with Crippen LogP contribution < -0.4 is 0 Å². The summed E-state index contributed by atoms with van der Waals surface area (Å²) >= 11 is 0. The van der Waals surface area contributed by atoms with Crippen molar-refractivity contribution in [1.29, 1.82) is 0 Å². The Morgan fingerprint density at radius 2 is 1.81 bits per heavy atom. The number of benzene rings is 1. The van der Waals surface area contributed by atoms with Gasteiger partial charge in [0.1, 0.15) is 5.75 Å². The van der Waals surface area contributed by atoms with Gasteiger partial charge in [0, 0.05) is 17.2 Å². The lowest BCUT2D eigenvalue weighted by Crippen LogP contribution is -2.56. The summed E-state index contributed by atoms with van der Waals surface area (Å²) in [5, 5.41) is 22.0. The topological polar surface area (TPSA) is 52.8 Å². The van der Waals surface area contributed by atoms with Gasteiger partial charge in [0.2, 0.25) is 0 Å². The molecule has 4 fully saturated rings. The molecule has 0 amide bonds. The van der Waals surface area contributed by atoms with Crippen LogP contribution >= 0.6 is 0 Å². The molecule has 0 heterocycles. The Morgan fingerprint density at radius 1 is 1.00 bits per heavy atom. The van der Waals surface area contributed by atoms with Gasteiger partial charge in [0.05, 0.1) is 12.1 Å². The summed E-state index contributed by atoms with van der Waals surface area (Å²) in [5.41, 5.74) is 1.65. The lowest BCUT2D eigenvalue weighted by Gasteiger charge is -2.61. The van der Waals surface area contributed by atoms with Crippen LogP contribution in [-0.4, -0.2) is 28.6 Å². The van der Waals surface area contributed by atoms with Crippen molar-refractivity contribution in [2.75, 3.05) is 6.54 Å². The molecule has 0 radical (unpaired) electrons. The fourth-order valence-corrected chi connectivity index (χ4v) is 8.74. The minimum Gasteiger partial charge on any atom is -0.507 e. The van der Waals surface area contributed by atoms with Crippen molar-refractivity contribution in [3.05, 3.63) is 29.3 Å². The van der Waals surface area contributed by atoms with E-state index in [0.717, 1.165) is 48.1 Å². The monoisotopic (exact) mass is 423 g/mol. The molecule has 2 N–H and O–H groups in total. The van der Waals surface area contributed by atoms with E-state index in [1.807, 2.05) is 19.1 Å². The summed E-state index contributed by atoms with van der Waals surface area (Å²) in [7, 11) is 0. The van der Waals surface area contributed by atoms with Gasteiger partial charge in [-0.15, -0.1) is 0 Å². The third kappa shape index (κ3) is 3.29. The molecule has 170 valence electrons. The number of hydrogen-bond acceptors (Lipinski definition) is 3. The molecule has 3 heteroatoms. The molecule has 7 atom stereocenters. The van der Waals surface area contributed by atoms with E-state index in [1.54, 1.807) is 12.3 Å². The fraction of sp³-hybridized carbons (Fsp3) is 0.750. The molecule has 0 spiro atoms. The fourth-order valence-electron chi connectivity index (χ4n) is 8.74. The Hall–Kier alpha value is -1.35. The van der Waals surface area contributed by atoms with Gasteiger partial charge in [-0.1, -0.05) is 38.3 Å². The van der Waals surface area contributed by atoms with E-state index in [2.05, 4.69) is 18.8 Å². The average Bonchev–Trinajstić information content (AvgIpc) is 3.01. The minimum absolute atomic E-state index is 0.0297. The maximum Gasteiger partial charge on any atom is 0.124 e. The van der Waals surface area contributed by atoms with Gasteiger partial charge in [-0.3, -0.25) is 4.99 Å². The molecule has 5 rings (SSSR count). The molecule has 0 unspecified atom stereocenters. The van der Waals surface area contributed by atoms with Crippen LogP contribution in [0.4, 0.5) is 0 Å². The van der Waals surface area contributed by atoms with E-state index in [9.17, 15) is 10.2 Å². The second-order valence-corrected chi connectivity index (χ2v) is 12.0. The summed E-state index contributed by atoms with van der Waals surface area (Å²) in [4.78, 5) is 4.68. The molecular formula is C28H41NO2. The van der Waals surface area contributed by atoms with Gasteiger partial charge in [0.15, 0.2) is 0 Å². The van der Waals surface area contributed by atoms with Crippen LogP contribution in [0.25, 0.3) is 0 Å². The van der Waals surface area contributed by atoms with E-state index in [-0.39, 0.29) is 11.2 Å². The molecule has 1 aromatic carbocycles. The summed E-state index contributed by atoms with van der Waals surface area (Å²) in [5.74, 6) is 3.49. The number of aromatic hydroxyl groups is 1. The van der Waals surface area contributed by atoms with E-state index >= 15 is 0 Å². The number of nitrogens with zero attached hydrogens (tertiary/aromatic N) is 1. The van der Waals surface area contributed by atoms with Crippen LogP contribution in [-0.2, 0) is 0 Å². The lowest BCUT2D eigenvalue weighted by atomic mass is 9.44. The van der Waals surface area contributed by atoms with E-state index in [1.165, 1.54) is 44.9 Å². The zero-order chi connectivity index (χ0) is 21.9. The molecule has 1 aromatic rings. The highest BCUT2D eigenvalue weighted by atomic mass is 16.3. The van der Waals surface area contributed by atoms with Crippen molar-refractivity contribution in [2.24, 2.45) is 39.5 Å². The van der Waals surface area contributed by atoms with Gasteiger partial charge in [-0.2, -0.15) is 0 Å². The number of aliphatic hydroxyl groups is 1. The predicted octanol–water partition coefficient (Wildman–Crippen LogP) is 6.28. The van der Waals surface area contributed by atoms with Gasteiger partial charge in [-0.05, 0) is 99.5 Å². The second-order valence-electron chi connectivity index (χ2n) is 12.0. The maximum absolute atomic E-state index is 11.9. The Morgan fingerprint density at radius 3 is 2.65 bits per heavy atom. The average molecular weight is 424 g/mol. The quantitative estimate of drug-likeness (QED) is 0.562. The number of aliphatic imine (C=N–C) groups is 1. The zero-order valence-corrected chi connectivity index (χ0v) is 19.7. The Kier molecular flexibility index (Phi) is 5.28. The van der Waals surface area contributed by atoms with E-state index in [0.29, 0.717) is 17.9 Å². The van der Waals surface area contributed by atoms with Crippen molar-refractivity contribution in [1.82, 2.24) is 0 Å². The first-order chi connectivity index (χ1) is 14.8. The van der Waals surface area contributed by atoms with Crippen LogP contribution in [0.5, 0.6) is 5.75 Å². The molecule has 4 saturated carbocycles. The molecule has 4 aliphatic rings. The van der Waals surface area contributed by atoms with Gasteiger partial charge < -0.3 is 10.2 Å². The highest BCUT2D eigenvalue weighted by molar-refractivity contribution is 5.83. The Balaban J connectivity index is 1.35. The first-order valence-electron chi connectivity index (χ1n) is 12.8. The van der Waals surface area contributed by atoms with Crippen LogP contribution in [0.15, 0.2) is 23.2 Å². The second kappa shape index (κ2) is 7.61. The first-order valence-corrected chi connectivity index (χ1v) is 12.8. The summed E-state index contributed by atoms with van der Waals surface area (Å²) < 4.78 is 0. The number of fused-ring (bicyclic) bond motifs is 5. The summed E-state index contributed by atoms with van der Waals surface area (Å²) in [6.45, 7) is 7.46. The lowest BCUT2D eigenvalue weighted by molar-refractivity contribution is -0.147. The molecule has 0 aliphatic heterocycles. The molecule has 0 aromatic heterocycles. The van der Waals surface area contributed by atoms with Crippen molar-refractivity contribution in [3.63, 3.8) is 0 Å².